The van der Waals surface area contributed by atoms with Crippen molar-refractivity contribution in [3.63, 3.8) is 0 Å². The van der Waals surface area contributed by atoms with Gasteiger partial charge in [-0.1, -0.05) is 18.2 Å². The van der Waals surface area contributed by atoms with Crippen LogP contribution in [0.2, 0.25) is 0 Å². The first-order chi connectivity index (χ1) is 16.5. The maximum atomic E-state index is 13.6. The standard InChI is InChI=1S/C21H28N3O9PS/c1-12(2)32-20(28)13(3)23-34(30,33-14-7-5-4-6-8-14)31-11-15-17(26)18(27)19(35-15)24-10-9-16(25)22-21(24)29/h4-10,12-13,15,17-19,26-27H,11H2,1-3H3,(H,23,30)(H,22,25,29). The topological polar surface area (TPSA) is 169 Å². The molecule has 6 atom stereocenters. The van der Waals surface area contributed by atoms with E-state index < -0.39 is 53.8 Å². The lowest BCUT2D eigenvalue weighted by atomic mass is 10.1. The third kappa shape index (κ3) is 7.06. The van der Waals surface area contributed by atoms with Gasteiger partial charge >= 0.3 is 19.4 Å². The molecule has 1 saturated heterocycles. The number of aliphatic hydroxyl groups excluding tert-OH is 2. The fourth-order valence-corrected chi connectivity index (χ4v) is 6.29. The van der Waals surface area contributed by atoms with Crippen molar-refractivity contribution in [3.05, 3.63) is 63.4 Å². The van der Waals surface area contributed by atoms with Gasteiger partial charge in [-0.05, 0) is 32.9 Å². The van der Waals surface area contributed by atoms with Crippen molar-refractivity contribution in [2.75, 3.05) is 6.61 Å². The summed E-state index contributed by atoms with van der Waals surface area (Å²) in [6.45, 7) is 4.43. The van der Waals surface area contributed by atoms with Crippen LogP contribution in [0.5, 0.6) is 5.75 Å². The van der Waals surface area contributed by atoms with Gasteiger partial charge in [0.05, 0.1) is 24.1 Å². The van der Waals surface area contributed by atoms with Gasteiger partial charge in [0.1, 0.15) is 23.3 Å². The van der Waals surface area contributed by atoms with Crippen molar-refractivity contribution in [2.24, 2.45) is 0 Å². The SMILES string of the molecule is CC(C)OC(=O)C(C)NP(=O)(OCC1SC(n2ccc(=O)[nH]c2=O)C(O)C1O)Oc1ccccc1. The predicted octanol–water partition coefficient (Wildman–Crippen LogP) is 1.01. The van der Waals surface area contributed by atoms with E-state index >= 15 is 0 Å². The quantitative estimate of drug-likeness (QED) is 0.256. The zero-order valence-corrected chi connectivity index (χ0v) is 21.0. The molecule has 1 aliphatic heterocycles. The Balaban J connectivity index is 1.75. The minimum atomic E-state index is -4.17. The molecule has 0 radical (unpaired) electrons. The lowest BCUT2D eigenvalue weighted by molar-refractivity contribution is -0.149. The first kappa shape index (κ1) is 27.2. The number of esters is 1. The fourth-order valence-electron chi connectivity index (χ4n) is 3.23. The molecule has 1 aromatic heterocycles. The number of nitrogens with zero attached hydrogens (tertiary/aromatic N) is 1. The molecule has 1 aliphatic rings. The number of H-pyrrole nitrogens is 1. The predicted molar refractivity (Wildman–Crippen MR) is 128 cm³/mol. The molecular formula is C21H28N3O9PS. The van der Waals surface area contributed by atoms with E-state index in [9.17, 15) is 29.2 Å². The number of aliphatic hydroxyl groups is 2. The van der Waals surface area contributed by atoms with Gasteiger partial charge in [-0.15, -0.1) is 11.8 Å². The van der Waals surface area contributed by atoms with Crippen LogP contribution in [-0.4, -0.2) is 61.9 Å². The number of aromatic amines is 1. The minimum Gasteiger partial charge on any atom is -0.462 e. The number of benzene rings is 1. The number of thioether (sulfide) groups is 1. The van der Waals surface area contributed by atoms with Crippen molar-refractivity contribution < 1.29 is 33.4 Å². The molecule has 192 valence electrons. The van der Waals surface area contributed by atoms with Crippen LogP contribution < -0.4 is 20.9 Å². The highest BCUT2D eigenvalue weighted by atomic mass is 32.2. The normalized spacial score (nSPS) is 24.6. The number of para-hydroxylation sites is 1. The maximum Gasteiger partial charge on any atom is 0.459 e. The van der Waals surface area contributed by atoms with Crippen LogP contribution in [0.25, 0.3) is 0 Å². The van der Waals surface area contributed by atoms with Crippen molar-refractivity contribution in [3.8, 4) is 5.75 Å². The Kier molecular flexibility index (Phi) is 8.97. The summed E-state index contributed by atoms with van der Waals surface area (Å²) in [5.74, 6) is -0.450. The van der Waals surface area contributed by atoms with Crippen LogP contribution in [-0.2, 0) is 18.6 Å². The largest absolute Gasteiger partial charge is 0.462 e. The van der Waals surface area contributed by atoms with Gasteiger partial charge in [0.15, 0.2) is 0 Å². The van der Waals surface area contributed by atoms with Crippen LogP contribution in [0.3, 0.4) is 0 Å². The molecule has 35 heavy (non-hydrogen) atoms. The molecule has 14 heteroatoms. The van der Waals surface area contributed by atoms with E-state index in [-0.39, 0.29) is 18.5 Å². The Morgan fingerprint density at radius 3 is 2.49 bits per heavy atom. The second kappa shape index (κ2) is 11.5. The summed E-state index contributed by atoms with van der Waals surface area (Å²) in [5.41, 5.74) is -1.35. The zero-order valence-electron chi connectivity index (χ0n) is 19.3. The first-order valence-electron chi connectivity index (χ1n) is 10.8. The molecule has 0 aliphatic carbocycles. The van der Waals surface area contributed by atoms with Gasteiger partial charge < -0.3 is 19.5 Å². The van der Waals surface area contributed by atoms with Gasteiger partial charge in [0.2, 0.25) is 0 Å². The molecule has 4 N–H and O–H groups in total. The van der Waals surface area contributed by atoms with Gasteiger partial charge in [-0.25, -0.2) is 9.36 Å². The minimum absolute atomic E-state index is 0.213. The van der Waals surface area contributed by atoms with Crippen LogP contribution >= 0.6 is 19.5 Å². The molecule has 3 rings (SSSR count). The Morgan fingerprint density at radius 2 is 1.86 bits per heavy atom. The number of rotatable bonds is 10. The van der Waals surface area contributed by atoms with Gasteiger partial charge in [-0.2, -0.15) is 5.09 Å². The number of hydrogen-bond donors (Lipinski definition) is 4. The van der Waals surface area contributed by atoms with Crippen LogP contribution in [0.4, 0.5) is 0 Å². The molecule has 2 heterocycles. The zero-order chi connectivity index (χ0) is 25.8. The Hall–Kier alpha value is -2.41. The number of aromatic nitrogens is 2. The number of carbonyl (C=O) groups excluding carboxylic acids is 1. The van der Waals surface area contributed by atoms with Crippen LogP contribution in [0.15, 0.2) is 52.2 Å². The number of ether oxygens (including phenoxy) is 1. The van der Waals surface area contributed by atoms with E-state index in [2.05, 4.69) is 10.1 Å². The summed E-state index contributed by atoms with van der Waals surface area (Å²) in [6, 6.07) is 8.23. The molecule has 6 unspecified atom stereocenters. The maximum absolute atomic E-state index is 13.6. The molecular weight excluding hydrogens is 501 g/mol. The average Bonchev–Trinajstić information content (AvgIpc) is 3.06. The lowest BCUT2D eigenvalue weighted by Gasteiger charge is -2.25. The monoisotopic (exact) mass is 529 g/mol. The summed E-state index contributed by atoms with van der Waals surface area (Å²) < 4.78 is 30.9. The summed E-state index contributed by atoms with van der Waals surface area (Å²) in [4.78, 5) is 37.8. The molecule has 0 spiro atoms. The van der Waals surface area contributed by atoms with Gasteiger partial charge in [0.25, 0.3) is 5.56 Å². The fraction of sp³-hybridized carbons (Fsp3) is 0.476. The van der Waals surface area contributed by atoms with E-state index in [0.717, 1.165) is 22.4 Å². The van der Waals surface area contributed by atoms with E-state index in [1.54, 1.807) is 44.2 Å². The third-order valence-corrected chi connectivity index (χ3v) is 8.09. The summed E-state index contributed by atoms with van der Waals surface area (Å²) in [5, 5.41) is 21.8. The van der Waals surface area contributed by atoms with Crippen molar-refractivity contribution in [1.82, 2.24) is 14.6 Å². The molecule has 2 aromatic rings. The highest BCUT2D eigenvalue weighted by Gasteiger charge is 2.45. The van der Waals surface area contributed by atoms with E-state index in [1.165, 1.54) is 13.1 Å². The number of nitrogens with one attached hydrogen (secondary N) is 2. The van der Waals surface area contributed by atoms with Gasteiger partial charge in [-0.3, -0.25) is 23.7 Å². The molecule has 0 bridgehead atoms. The first-order valence-corrected chi connectivity index (χ1v) is 13.3. The highest BCUT2D eigenvalue weighted by molar-refractivity contribution is 8.00. The molecule has 0 saturated carbocycles. The molecule has 0 amide bonds. The van der Waals surface area contributed by atoms with Crippen LogP contribution in [0, 0.1) is 0 Å². The van der Waals surface area contributed by atoms with Crippen LogP contribution in [0.1, 0.15) is 26.1 Å². The van der Waals surface area contributed by atoms with Crippen molar-refractivity contribution >= 4 is 25.5 Å². The van der Waals surface area contributed by atoms with E-state index in [4.69, 9.17) is 13.8 Å². The Bertz CT molecular complexity index is 1170. The molecule has 1 fully saturated rings. The molecule has 1 aromatic carbocycles. The molecule has 12 nitrogen and oxygen atoms in total. The summed E-state index contributed by atoms with van der Waals surface area (Å²) in [7, 11) is -4.17. The highest BCUT2D eigenvalue weighted by Crippen LogP contribution is 2.48. The lowest BCUT2D eigenvalue weighted by Crippen LogP contribution is -2.38. The summed E-state index contributed by atoms with van der Waals surface area (Å²) >= 11 is 1.00. The third-order valence-electron chi connectivity index (χ3n) is 4.90. The van der Waals surface area contributed by atoms with Crippen molar-refractivity contribution in [1.29, 1.82) is 0 Å². The summed E-state index contributed by atoms with van der Waals surface area (Å²) in [6.07, 6.45) is -1.90. The van der Waals surface area contributed by atoms with E-state index in [1.807, 2.05) is 0 Å². The second-order valence-corrected chi connectivity index (χ2v) is 11.2. The Morgan fingerprint density at radius 1 is 1.17 bits per heavy atom. The van der Waals surface area contributed by atoms with E-state index in [0.29, 0.717) is 0 Å². The Labute approximate surface area is 205 Å². The average molecular weight is 530 g/mol. The number of hydrogen-bond acceptors (Lipinski definition) is 10. The number of carbonyl (C=O) groups is 1. The van der Waals surface area contributed by atoms with Crippen molar-refractivity contribution in [2.45, 2.75) is 55.7 Å². The van der Waals surface area contributed by atoms with Gasteiger partial charge in [0, 0.05) is 12.3 Å². The smallest absolute Gasteiger partial charge is 0.459 e. The second-order valence-electron chi connectivity index (χ2n) is 8.10.